The van der Waals surface area contributed by atoms with E-state index in [1.54, 1.807) is 30.8 Å². The molecule has 0 bridgehead atoms. The second kappa shape index (κ2) is 6.45. The van der Waals surface area contributed by atoms with Gasteiger partial charge in [-0.05, 0) is 6.92 Å². The first-order valence-electron chi connectivity index (χ1n) is 7.16. The van der Waals surface area contributed by atoms with Crippen molar-refractivity contribution in [3.63, 3.8) is 0 Å². The Morgan fingerprint density at radius 1 is 1.50 bits per heavy atom. The normalized spacial score (nSPS) is 19.2. The van der Waals surface area contributed by atoms with Gasteiger partial charge in [-0.2, -0.15) is 0 Å². The first-order valence-corrected chi connectivity index (χ1v) is 9.69. The van der Waals surface area contributed by atoms with Crippen molar-refractivity contribution in [3.8, 4) is 0 Å². The number of sulfonamides is 1. The van der Waals surface area contributed by atoms with E-state index in [4.69, 9.17) is 0 Å². The minimum Gasteiger partial charge on any atom is -0.328 e. The zero-order valence-corrected chi connectivity index (χ0v) is 14.0. The Bertz CT molecular complexity index is 711. The second-order valence-corrected chi connectivity index (χ2v) is 8.37. The number of nitrogens with one attached hydrogen (secondary N) is 1. The number of imidazole rings is 1. The lowest BCUT2D eigenvalue weighted by atomic mass is 10.2. The SMILES string of the molecule is CCS(=O)(=O)NCC1CN(Cc2nccs2)Cc2cncn21. The molecule has 1 aliphatic heterocycles. The Morgan fingerprint density at radius 3 is 3.09 bits per heavy atom. The number of thiazole rings is 1. The molecule has 1 N–H and O–H groups in total. The maximum absolute atomic E-state index is 11.7. The Labute approximate surface area is 134 Å². The number of nitrogens with zero attached hydrogens (tertiary/aromatic N) is 4. The number of aromatic nitrogens is 3. The molecule has 3 rings (SSSR count). The maximum Gasteiger partial charge on any atom is 0.211 e. The van der Waals surface area contributed by atoms with E-state index in [0.29, 0.717) is 6.54 Å². The Kier molecular flexibility index (Phi) is 4.57. The van der Waals surface area contributed by atoms with Crippen LogP contribution in [0.2, 0.25) is 0 Å². The van der Waals surface area contributed by atoms with Gasteiger partial charge in [-0.1, -0.05) is 0 Å². The van der Waals surface area contributed by atoms with Crippen LogP contribution in [0.3, 0.4) is 0 Å². The third kappa shape index (κ3) is 3.54. The van der Waals surface area contributed by atoms with Gasteiger partial charge in [0.1, 0.15) is 5.01 Å². The van der Waals surface area contributed by atoms with Gasteiger partial charge in [-0.3, -0.25) is 4.90 Å². The topological polar surface area (TPSA) is 80.1 Å². The highest BCUT2D eigenvalue weighted by molar-refractivity contribution is 7.89. The monoisotopic (exact) mass is 341 g/mol. The first kappa shape index (κ1) is 15.6. The standard InChI is InChI=1S/C13H19N5O2S2/c1-2-22(19,20)16-6-12-8-17(9-13-15-3-4-21-13)7-11-5-14-10-18(11)12/h3-5,10,12,16H,2,6-9H2,1H3. The lowest BCUT2D eigenvalue weighted by Gasteiger charge is -2.34. The second-order valence-electron chi connectivity index (χ2n) is 5.29. The Hall–Kier alpha value is -1.29. The van der Waals surface area contributed by atoms with Crippen molar-refractivity contribution >= 4 is 21.4 Å². The minimum atomic E-state index is -3.18. The van der Waals surface area contributed by atoms with E-state index in [9.17, 15) is 8.42 Å². The summed E-state index contributed by atoms with van der Waals surface area (Å²) in [5.41, 5.74) is 1.10. The number of fused-ring (bicyclic) bond motifs is 1. The van der Waals surface area contributed by atoms with E-state index in [2.05, 4.69) is 24.2 Å². The molecule has 22 heavy (non-hydrogen) atoms. The van der Waals surface area contributed by atoms with E-state index < -0.39 is 10.0 Å². The van der Waals surface area contributed by atoms with Crippen LogP contribution in [-0.2, 0) is 23.1 Å². The van der Waals surface area contributed by atoms with Crippen molar-refractivity contribution < 1.29 is 8.42 Å². The summed E-state index contributed by atoms with van der Waals surface area (Å²) in [7, 11) is -3.18. The summed E-state index contributed by atoms with van der Waals surface area (Å²) in [5.74, 6) is 0.0966. The first-order chi connectivity index (χ1) is 10.6. The average Bonchev–Trinajstić information content (AvgIpc) is 3.16. The quantitative estimate of drug-likeness (QED) is 0.842. The van der Waals surface area contributed by atoms with Crippen LogP contribution >= 0.6 is 11.3 Å². The highest BCUT2D eigenvalue weighted by Gasteiger charge is 2.26. The van der Waals surface area contributed by atoms with Crippen LogP contribution < -0.4 is 4.72 Å². The van der Waals surface area contributed by atoms with Crippen molar-refractivity contribution in [2.45, 2.75) is 26.1 Å². The highest BCUT2D eigenvalue weighted by Crippen LogP contribution is 2.22. The van der Waals surface area contributed by atoms with Gasteiger partial charge in [0.15, 0.2) is 0 Å². The third-order valence-corrected chi connectivity index (χ3v) is 5.89. The fourth-order valence-electron chi connectivity index (χ4n) is 2.59. The molecule has 120 valence electrons. The summed E-state index contributed by atoms with van der Waals surface area (Å²) in [5, 5.41) is 3.04. The van der Waals surface area contributed by atoms with Crippen molar-refractivity contribution in [2.24, 2.45) is 0 Å². The van der Waals surface area contributed by atoms with Gasteiger partial charge in [0, 0.05) is 37.4 Å². The summed E-state index contributed by atoms with van der Waals surface area (Å²) in [6.45, 7) is 4.38. The maximum atomic E-state index is 11.7. The van der Waals surface area contributed by atoms with Crippen LogP contribution in [0.5, 0.6) is 0 Å². The highest BCUT2D eigenvalue weighted by atomic mass is 32.2. The molecule has 1 unspecified atom stereocenters. The number of hydrogen-bond acceptors (Lipinski definition) is 6. The van der Waals surface area contributed by atoms with Gasteiger partial charge in [0.2, 0.25) is 10.0 Å². The summed E-state index contributed by atoms with van der Waals surface area (Å²) in [6, 6.07) is 0.0486. The van der Waals surface area contributed by atoms with Crippen LogP contribution in [0, 0.1) is 0 Å². The summed E-state index contributed by atoms with van der Waals surface area (Å²) >= 11 is 1.64. The van der Waals surface area contributed by atoms with Crippen molar-refractivity contribution in [1.29, 1.82) is 0 Å². The molecular formula is C13H19N5O2S2. The van der Waals surface area contributed by atoms with Gasteiger partial charge >= 0.3 is 0 Å². The van der Waals surface area contributed by atoms with Crippen molar-refractivity contribution in [1.82, 2.24) is 24.2 Å². The molecule has 0 amide bonds. The molecule has 0 fully saturated rings. The van der Waals surface area contributed by atoms with Crippen LogP contribution in [0.1, 0.15) is 23.7 Å². The summed E-state index contributed by atoms with van der Waals surface area (Å²) < 4.78 is 28.1. The third-order valence-electron chi connectivity index (χ3n) is 3.76. The lowest BCUT2D eigenvalue weighted by Crippen LogP contribution is -2.42. The molecular weight excluding hydrogens is 322 g/mol. The molecule has 0 spiro atoms. The molecule has 0 saturated carbocycles. The van der Waals surface area contributed by atoms with Gasteiger partial charge in [-0.15, -0.1) is 11.3 Å². The van der Waals surface area contributed by atoms with E-state index in [0.717, 1.165) is 30.3 Å². The van der Waals surface area contributed by atoms with Crippen LogP contribution in [0.15, 0.2) is 24.1 Å². The van der Waals surface area contributed by atoms with Crippen molar-refractivity contribution in [3.05, 3.63) is 34.8 Å². The molecule has 0 aliphatic carbocycles. The number of hydrogen-bond donors (Lipinski definition) is 1. The molecule has 1 atom stereocenters. The molecule has 9 heteroatoms. The van der Waals surface area contributed by atoms with E-state index in [1.807, 2.05) is 11.6 Å². The van der Waals surface area contributed by atoms with Crippen molar-refractivity contribution in [2.75, 3.05) is 18.8 Å². The van der Waals surface area contributed by atoms with Crippen LogP contribution in [-0.4, -0.2) is 46.7 Å². The van der Waals surface area contributed by atoms with Gasteiger partial charge in [0.25, 0.3) is 0 Å². The smallest absolute Gasteiger partial charge is 0.211 e. The zero-order chi connectivity index (χ0) is 15.6. The predicted octanol–water partition coefficient (Wildman–Crippen LogP) is 0.836. The zero-order valence-electron chi connectivity index (χ0n) is 12.3. The van der Waals surface area contributed by atoms with Crippen LogP contribution in [0.4, 0.5) is 0 Å². The lowest BCUT2D eigenvalue weighted by molar-refractivity contribution is 0.177. The Balaban J connectivity index is 1.72. The number of rotatable bonds is 6. The molecule has 3 heterocycles. The van der Waals surface area contributed by atoms with Gasteiger partial charge in [-0.25, -0.2) is 23.1 Å². The van der Waals surface area contributed by atoms with E-state index >= 15 is 0 Å². The largest absolute Gasteiger partial charge is 0.328 e. The summed E-state index contributed by atoms with van der Waals surface area (Å²) in [6.07, 6.45) is 5.43. The van der Waals surface area contributed by atoms with E-state index in [1.165, 1.54) is 0 Å². The fraction of sp³-hybridized carbons (Fsp3) is 0.538. The van der Waals surface area contributed by atoms with Gasteiger partial charge in [0.05, 0.1) is 30.4 Å². The minimum absolute atomic E-state index is 0.0486. The van der Waals surface area contributed by atoms with E-state index in [-0.39, 0.29) is 11.8 Å². The molecule has 2 aromatic heterocycles. The fourth-order valence-corrected chi connectivity index (χ4v) is 3.90. The molecule has 0 aromatic carbocycles. The predicted molar refractivity (Wildman–Crippen MR) is 85.0 cm³/mol. The Morgan fingerprint density at radius 2 is 2.36 bits per heavy atom. The van der Waals surface area contributed by atoms with Gasteiger partial charge < -0.3 is 4.57 Å². The molecule has 0 saturated heterocycles. The summed E-state index contributed by atoms with van der Waals surface area (Å²) in [4.78, 5) is 10.8. The molecule has 7 nitrogen and oxygen atoms in total. The molecule has 0 radical (unpaired) electrons. The molecule has 1 aliphatic rings. The average molecular weight is 341 g/mol. The van der Waals surface area contributed by atoms with Crippen LogP contribution in [0.25, 0.3) is 0 Å². The molecule has 2 aromatic rings.